The van der Waals surface area contributed by atoms with Crippen LogP contribution < -0.4 is 0 Å². The molecule has 0 aliphatic rings. The highest BCUT2D eigenvalue weighted by molar-refractivity contribution is 5.25. The van der Waals surface area contributed by atoms with E-state index in [0.717, 1.165) is 11.1 Å². The molecule has 0 radical (unpaired) electrons. The third-order valence-electron chi connectivity index (χ3n) is 2.26. The van der Waals surface area contributed by atoms with Crippen molar-refractivity contribution in [3.05, 3.63) is 47.3 Å². The van der Waals surface area contributed by atoms with E-state index in [1.54, 1.807) is 13.2 Å². The number of rotatable bonds is 3. The maximum absolute atomic E-state index is 13.0. The van der Waals surface area contributed by atoms with Gasteiger partial charge in [0.2, 0.25) is 0 Å². The van der Waals surface area contributed by atoms with E-state index in [9.17, 15) is 4.39 Å². The van der Waals surface area contributed by atoms with E-state index in [0.29, 0.717) is 0 Å². The lowest BCUT2D eigenvalue weighted by atomic mass is 10.0. The molecule has 0 saturated heterocycles. The standard InChI is InChI=1S/C12H15FO/c1-4-9(2)12(14-3)10-6-5-7-11(13)8-10/h4-8,12H,1-3H3/b9-4+. The SMILES string of the molecule is C/C=C(\C)C(OC)c1cccc(F)c1. The van der Waals surface area contributed by atoms with Gasteiger partial charge in [0, 0.05) is 7.11 Å². The molecule has 0 bridgehead atoms. The Balaban J connectivity index is 3.01. The summed E-state index contributed by atoms with van der Waals surface area (Å²) in [5, 5.41) is 0. The molecule has 76 valence electrons. The molecule has 1 aromatic carbocycles. The average Bonchev–Trinajstić information content (AvgIpc) is 2.19. The molecular weight excluding hydrogens is 179 g/mol. The van der Waals surface area contributed by atoms with Gasteiger partial charge in [-0.1, -0.05) is 18.2 Å². The predicted molar refractivity (Wildman–Crippen MR) is 55.6 cm³/mol. The Kier molecular flexibility index (Phi) is 3.84. The summed E-state index contributed by atoms with van der Waals surface area (Å²) in [5.41, 5.74) is 1.93. The molecular formula is C12H15FO. The normalized spacial score (nSPS) is 14.1. The second-order valence-electron chi connectivity index (χ2n) is 3.20. The maximum atomic E-state index is 13.0. The minimum absolute atomic E-state index is 0.143. The van der Waals surface area contributed by atoms with E-state index in [2.05, 4.69) is 0 Å². The lowest BCUT2D eigenvalue weighted by Gasteiger charge is -2.16. The van der Waals surface area contributed by atoms with Gasteiger partial charge in [-0.2, -0.15) is 0 Å². The predicted octanol–water partition coefficient (Wildman–Crippen LogP) is 3.48. The molecule has 0 N–H and O–H groups in total. The lowest BCUT2D eigenvalue weighted by Crippen LogP contribution is -2.03. The summed E-state index contributed by atoms with van der Waals surface area (Å²) < 4.78 is 18.3. The maximum Gasteiger partial charge on any atom is 0.123 e. The van der Waals surface area contributed by atoms with E-state index < -0.39 is 0 Å². The van der Waals surface area contributed by atoms with Gasteiger partial charge in [-0.3, -0.25) is 0 Å². The molecule has 0 heterocycles. The van der Waals surface area contributed by atoms with Gasteiger partial charge < -0.3 is 4.74 Å². The summed E-state index contributed by atoms with van der Waals surface area (Å²) >= 11 is 0. The molecule has 0 aliphatic heterocycles. The molecule has 0 fully saturated rings. The van der Waals surface area contributed by atoms with Gasteiger partial charge in [0.05, 0.1) is 0 Å². The average molecular weight is 194 g/mol. The van der Waals surface area contributed by atoms with Gasteiger partial charge in [0.25, 0.3) is 0 Å². The Bertz CT molecular complexity index is 331. The van der Waals surface area contributed by atoms with Gasteiger partial charge in [0.15, 0.2) is 0 Å². The van der Waals surface area contributed by atoms with Crippen molar-refractivity contribution >= 4 is 0 Å². The van der Waals surface area contributed by atoms with E-state index in [1.807, 2.05) is 26.0 Å². The Hall–Kier alpha value is -1.15. The summed E-state index contributed by atoms with van der Waals surface area (Å²) in [5.74, 6) is -0.228. The molecule has 0 aliphatic carbocycles. The van der Waals surface area contributed by atoms with Crippen molar-refractivity contribution < 1.29 is 9.13 Å². The van der Waals surface area contributed by atoms with Gasteiger partial charge in [-0.15, -0.1) is 0 Å². The first-order valence-electron chi connectivity index (χ1n) is 4.60. The number of ether oxygens (including phenoxy) is 1. The third kappa shape index (κ3) is 2.42. The van der Waals surface area contributed by atoms with Crippen molar-refractivity contribution in [2.75, 3.05) is 7.11 Å². The van der Waals surface area contributed by atoms with E-state index >= 15 is 0 Å². The lowest BCUT2D eigenvalue weighted by molar-refractivity contribution is 0.132. The Labute approximate surface area is 84.2 Å². The number of methoxy groups -OCH3 is 1. The first-order valence-corrected chi connectivity index (χ1v) is 4.60. The molecule has 1 rings (SSSR count). The zero-order chi connectivity index (χ0) is 10.6. The molecule has 0 saturated carbocycles. The van der Waals surface area contributed by atoms with Gasteiger partial charge >= 0.3 is 0 Å². The summed E-state index contributed by atoms with van der Waals surface area (Å²) in [6.07, 6.45) is 1.83. The molecule has 1 atom stereocenters. The number of allylic oxidation sites excluding steroid dienone is 1. The molecule has 1 nitrogen and oxygen atoms in total. The van der Waals surface area contributed by atoms with Crippen LogP contribution in [0.2, 0.25) is 0 Å². The number of hydrogen-bond acceptors (Lipinski definition) is 1. The fourth-order valence-electron chi connectivity index (χ4n) is 1.41. The van der Waals surface area contributed by atoms with E-state index in [4.69, 9.17) is 4.74 Å². The molecule has 2 heteroatoms. The quantitative estimate of drug-likeness (QED) is 0.669. The van der Waals surface area contributed by atoms with Crippen molar-refractivity contribution in [1.82, 2.24) is 0 Å². The van der Waals surface area contributed by atoms with Crippen LogP contribution in [0.5, 0.6) is 0 Å². The number of halogens is 1. The van der Waals surface area contributed by atoms with Crippen LogP contribution in [0.25, 0.3) is 0 Å². The van der Waals surface area contributed by atoms with Crippen LogP contribution in [-0.4, -0.2) is 7.11 Å². The van der Waals surface area contributed by atoms with E-state index in [-0.39, 0.29) is 11.9 Å². The molecule has 14 heavy (non-hydrogen) atoms. The monoisotopic (exact) mass is 194 g/mol. The fraction of sp³-hybridized carbons (Fsp3) is 0.333. The molecule has 0 aromatic heterocycles. The summed E-state index contributed by atoms with van der Waals surface area (Å²) in [4.78, 5) is 0. The van der Waals surface area contributed by atoms with Crippen molar-refractivity contribution in [2.24, 2.45) is 0 Å². The van der Waals surface area contributed by atoms with Gasteiger partial charge in [0.1, 0.15) is 11.9 Å². The van der Waals surface area contributed by atoms with Crippen molar-refractivity contribution in [3.63, 3.8) is 0 Å². The largest absolute Gasteiger partial charge is 0.372 e. The van der Waals surface area contributed by atoms with Crippen LogP contribution in [0.15, 0.2) is 35.9 Å². The van der Waals surface area contributed by atoms with Crippen molar-refractivity contribution in [3.8, 4) is 0 Å². The molecule has 0 spiro atoms. The molecule has 1 aromatic rings. The van der Waals surface area contributed by atoms with Gasteiger partial charge in [-0.25, -0.2) is 4.39 Å². The Morgan fingerprint density at radius 1 is 1.50 bits per heavy atom. The minimum Gasteiger partial charge on any atom is -0.372 e. The minimum atomic E-state index is -0.228. The highest BCUT2D eigenvalue weighted by atomic mass is 19.1. The Morgan fingerprint density at radius 3 is 2.71 bits per heavy atom. The van der Waals surface area contributed by atoms with Crippen LogP contribution in [0, 0.1) is 5.82 Å². The number of hydrogen-bond donors (Lipinski definition) is 0. The zero-order valence-electron chi connectivity index (χ0n) is 8.75. The first-order chi connectivity index (χ1) is 6.69. The molecule has 1 unspecified atom stereocenters. The van der Waals surface area contributed by atoms with Gasteiger partial charge in [-0.05, 0) is 37.1 Å². The summed E-state index contributed by atoms with van der Waals surface area (Å²) in [6, 6.07) is 6.49. The summed E-state index contributed by atoms with van der Waals surface area (Å²) in [6.45, 7) is 3.92. The highest BCUT2D eigenvalue weighted by Gasteiger charge is 2.11. The zero-order valence-corrected chi connectivity index (χ0v) is 8.75. The second kappa shape index (κ2) is 4.91. The van der Waals surface area contributed by atoms with Crippen LogP contribution in [0.3, 0.4) is 0 Å². The van der Waals surface area contributed by atoms with Crippen LogP contribution >= 0.6 is 0 Å². The summed E-state index contributed by atoms with van der Waals surface area (Å²) in [7, 11) is 1.63. The first kappa shape index (κ1) is 10.9. The second-order valence-corrected chi connectivity index (χ2v) is 3.20. The van der Waals surface area contributed by atoms with Crippen LogP contribution in [0.4, 0.5) is 4.39 Å². The highest BCUT2D eigenvalue weighted by Crippen LogP contribution is 2.24. The van der Waals surface area contributed by atoms with Crippen molar-refractivity contribution in [2.45, 2.75) is 20.0 Å². The Morgan fingerprint density at radius 2 is 2.21 bits per heavy atom. The smallest absolute Gasteiger partial charge is 0.123 e. The third-order valence-corrected chi connectivity index (χ3v) is 2.26. The number of benzene rings is 1. The van der Waals surface area contributed by atoms with Crippen LogP contribution in [-0.2, 0) is 4.74 Å². The van der Waals surface area contributed by atoms with E-state index in [1.165, 1.54) is 12.1 Å². The van der Waals surface area contributed by atoms with Crippen molar-refractivity contribution in [1.29, 1.82) is 0 Å². The van der Waals surface area contributed by atoms with Crippen LogP contribution in [0.1, 0.15) is 25.5 Å². The molecule has 0 amide bonds. The fourth-order valence-corrected chi connectivity index (χ4v) is 1.41. The topological polar surface area (TPSA) is 9.23 Å².